The van der Waals surface area contributed by atoms with Crippen LogP contribution in [0.4, 0.5) is 0 Å². The highest BCUT2D eigenvalue weighted by Crippen LogP contribution is 2.44. The van der Waals surface area contributed by atoms with Crippen molar-refractivity contribution in [3.8, 4) is 0 Å². The molecule has 3 unspecified atom stereocenters. The van der Waals surface area contributed by atoms with Gasteiger partial charge in [-0.2, -0.15) is 0 Å². The molecule has 1 aromatic rings. The standard InChI is InChI=1S/C21H30N2O3S/c1-15-4-2-3-5-19(15)14-27(25,26)23-10-8-17(9-11-23)21(24)22-20-13-16-6-7-18(20)12-16/h2-5,16-18,20H,6-14H2,1H3,(H,22,24). The lowest BCUT2D eigenvalue weighted by atomic mass is 9.93. The van der Waals surface area contributed by atoms with E-state index in [0.29, 0.717) is 37.9 Å². The quantitative estimate of drug-likeness (QED) is 0.841. The fourth-order valence-electron chi connectivity index (χ4n) is 5.18. The summed E-state index contributed by atoms with van der Waals surface area (Å²) in [5.74, 6) is 1.63. The highest BCUT2D eigenvalue weighted by atomic mass is 32.2. The zero-order valence-electron chi connectivity index (χ0n) is 16.1. The average molecular weight is 391 g/mol. The Balaban J connectivity index is 1.30. The number of carbonyl (C=O) groups is 1. The lowest BCUT2D eigenvalue weighted by Gasteiger charge is -2.32. The van der Waals surface area contributed by atoms with Gasteiger partial charge in [-0.15, -0.1) is 0 Å². The molecule has 0 spiro atoms. The Labute approximate surface area is 162 Å². The molecule has 3 atom stereocenters. The van der Waals surface area contributed by atoms with E-state index in [4.69, 9.17) is 0 Å². The van der Waals surface area contributed by atoms with E-state index in [0.717, 1.165) is 23.5 Å². The number of rotatable bonds is 5. The molecule has 3 aliphatic rings. The summed E-state index contributed by atoms with van der Waals surface area (Å²) in [4.78, 5) is 12.6. The SMILES string of the molecule is Cc1ccccc1CS(=O)(=O)N1CCC(C(=O)NC2CC3CCC2C3)CC1. The smallest absolute Gasteiger partial charge is 0.223 e. The number of amides is 1. The predicted octanol–water partition coefficient (Wildman–Crippen LogP) is 2.84. The van der Waals surface area contributed by atoms with Gasteiger partial charge in [0, 0.05) is 25.0 Å². The minimum absolute atomic E-state index is 0.0433. The molecule has 6 heteroatoms. The molecule has 1 amide bonds. The third kappa shape index (κ3) is 4.06. The Kier molecular flexibility index (Phi) is 5.30. The molecule has 1 saturated heterocycles. The molecule has 3 fully saturated rings. The summed E-state index contributed by atoms with van der Waals surface area (Å²) < 4.78 is 27.1. The molecule has 0 aromatic heterocycles. The van der Waals surface area contributed by atoms with E-state index >= 15 is 0 Å². The van der Waals surface area contributed by atoms with Crippen molar-refractivity contribution in [1.29, 1.82) is 0 Å². The number of carbonyl (C=O) groups excluding carboxylic acids is 1. The zero-order chi connectivity index (χ0) is 19.0. The Morgan fingerprint density at radius 2 is 1.85 bits per heavy atom. The number of sulfonamides is 1. The number of hydrogen-bond donors (Lipinski definition) is 1. The van der Waals surface area contributed by atoms with Crippen LogP contribution in [-0.2, 0) is 20.6 Å². The van der Waals surface area contributed by atoms with Crippen molar-refractivity contribution in [2.75, 3.05) is 13.1 Å². The average Bonchev–Trinajstić information content (AvgIpc) is 3.27. The summed E-state index contributed by atoms with van der Waals surface area (Å²) in [6, 6.07) is 7.98. The fraction of sp³-hybridized carbons (Fsp3) is 0.667. The summed E-state index contributed by atoms with van der Waals surface area (Å²) in [5.41, 5.74) is 1.86. The maximum atomic E-state index is 12.8. The van der Waals surface area contributed by atoms with Crippen molar-refractivity contribution >= 4 is 15.9 Å². The highest BCUT2D eigenvalue weighted by molar-refractivity contribution is 7.88. The van der Waals surface area contributed by atoms with E-state index in [1.807, 2.05) is 31.2 Å². The Morgan fingerprint density at radius 3 is 2.48 bits per heavy atom. The molecule has 2 aliphatic carbocycles. The van der Waals surface area contributed by atoms with E-state index in [9.17, 15) is 13.2 Å². The van der Waals surface area contributed by atoms with E-state index in [1.54, 1.807) is 4.31 Å². The van der Waals surface area contributed by atoms with Gasteiger partial charge >= 0.3 is 0 Å². The normalized spacial score (nSPS) is 29.1. The van der Waals surface area contributed by atoms with Crippen LogP contribution >= 0.6 is 0 Å². The van der Waals surface area contributed by atoms with Crippen molar-refractivity contribution in [3.63, 3.8) is 0 Å². The van der Waals surface area contributed by atoms with Gasteiger partial charge in [-0.25, -0.2) is 12.7 Å². The van der Waals surface area contributed by atoms with Gasteiger partial charge in [0.15, 0.2) is 0 Å². The summed E-state index contributed by atoms with van der Waals surface area (Å²) in [6.45, 7) is 2.84. The monoisotopic (exact) mass is 390 g/mol. The molecule has 1 N–H and O–H groups in total. The van der Waals surface area contributed by atoms with Gasteiger partial charge in [0.25, 0.3) is 0 Å². The molecular weight excluding hydrogens is 360 g/mol. The molecule has 5 nitrogen and oxygen atoms in total. The number of nitrogens with zero attached hydrogens (tertiary/aromatic N) is 1. The molecule has 148 valence electrons. The zero-order valence-corrected chi connectivity index (χ0v) is 16.9. The second kappa shape index (κ2) is 7.55. The van der Waals surface area contributed by atoms with Crippen LogP contribution in [0.25, 0.3) is 0 Å². The van der Waals surface area contributed by atoms with Crippen LogP contribution in [0.5, 0.6) is 0 Å². The van der Waals surface area contributed by atoms with Crippen LogP contribution < -0.4 is 5.32 Å². The van der Waals surface area contributed by atoms with Gasteiger partial charge in [0.05, 0.1) is 5.75 Å². The minimum atomic E-state index is -3.34. The van der Waals surface area contributed by atoms with Crippen LogP contribution in [0.15, 0.2) is 24.3 Å². The minimum Gasteiger partial charge on any atom is -0.353 e. The van der Waals surface area contributed by atoms with Gasteiger partial charge < -0.3 is 5.32 Å². The summed E-state index contributed by atoms with van der Waals surface area (Å²) in [7, 11) is -3.34. The van der Waals surface area contributed by atoms with Crippen molar-refractivity contribution in [2.24, 2.45) is 17.8 Å². The summed E-state index contributed by atoms with van der Waals surface area (Å²) in [5, 5.41) is 3.27. The number of nitrogens with one attached hydrogen (secondary N) is 1. The maximum Gasteiger partial charge on any atom is 0.223 e. The number of piperidine rings is 1. The van der Waals surface area contributed by atoms with Crippen molar-refractivity contribution in [3.05, 3.63) is 35.4 Å². The van der Waals surface area contributed by atoms with Gasteiger partial charge in [0.2, 0.25) is 15.9 Å². The molecule has 2 bridgehead atoms. The van der Waals surface area contributed by atoms with Gasteiger partial charge in [-0.05, 0) is 62.0 Å². The molecule has 1 aromatic carbocycles. The fourth-order valence-corrected chi connectivity index (χ4v) is 6.84. The lowest BCUT2D eigenvalue weighted by Crippen LogP contribution is -2.46. The summed E-state index contributed by atoms with van der Waals surface area (Å²) >= 11 is 0. The number of aryl methyl sites for hydroxylation is 1. The van der Waals surface area contributed by atoms with E-state index in [1.165, 1.54) is 19.3 Å². The number of benzene rings is 1. The van der Waals surface area contributed by atoms with Gasteiger partial charge in [-0.3, -0.25) is 4.79 Å². The molecule has 0 radical (unpaired) electrons. The second-order valence-corrected chi connectivity index (χ2v) is 10.6. The Morgan fingerprint density at radius 1 is 1.11 bits per heavy atom. The summed E-state index contributed by atoms with van der Waals surface area (Å²) in [6.07, 6.45) is 6.25. The molecule has 27 heavy (non-hydrogen) atoms. The van der Waals surface area contributed by atoms with Crippen LogP contribution in [-0.4, -0.2) is 37.8 Å². The highest BCUT2D eigenvalue weighted by Gasteiger charge is 2.41. The van der Waals surface area contributed by atoms with Gasteiger partial charge in [0.1, 0.15) is 0 Å². The van der Waals surface area contributed by atoms with Crippen molar-refractivity contribution in [1.82, 2.24) is 9.62 Å². The van der Waals surface area contributed by atoms with E-state index in [-0.39, 0.29) is 17.6 Å². The van der Waals surface area contributed by atoms with E-state index in [2.05, 4.69) is 5.32 Å². The van der Waals surface area contributed by atoms with Crippen LogP contribution in [0.1, 0.15) is 49.7 Å². The first kappa shape index (κ1) is 18.9. The predicted molar refractivity (Wildman–Crippen MR) is 105 cm³/mol. The topological polar surface area (TPSA) is 66.5 Å². The second-order valence-electron chi connectivity index (χ2n) is 8.65. The van der Waals surface area contributed by atoms with Crippen LogP contribution in [0, 0.1) is 24.7 Å². The number of fused-ring (bicyclic) bond motifs is 2. The molecule has 1 heterocycles. The Hall–Kier alpha value is -1.40. The van der Waals surface area contributed by atoms with Crippen molar-refractivity contribution in [2.45, 2.75) is 57.2 Å². The first-order chi connectivity index (χ1) is 12.9. The molecule has 4 rings (SSSR count). The van der Waals surface area contributed by atoms with Gasteiger partial charge in [-0.1, -0.05) is 30.7 Å². The first-order valence-electron chi connectivity index (χ1n) is 10.2. The first-order valence-corrected chi connectivity index (χ1v) is 11.9. The molecule has 1 aliphatic heterocycles. The lowest BCUT2D eigenvalue weighted by molar-refractivity contribution is -0.127. The van der Waals surface area contributed by atoms with Crippen LogP contribution in [0.3, 0.4) is 0 Å². The van der Waals surface area contributed by atoms with Crippen molar-refractivity contribution < 1.29 is 13.2 Å². The largest absolute Gasteiger partial charge is 0.353 e. The Bertz CT molecular complexity index is 799. The third-order valence-electron chi connectivity index (χ3n) is 6.88. The molecule has 2 saturated carbocycles. The van der Waals surface area contributed by atoms with E-state index < -0.39 is 10.0 Å². The number of hydrogen-bond acceptors (Lipinski definition) is 3. The van der Waals surface area contributed by atoms with Crippen LogP contribution in [0.2, 0.25) is 0 Å². The third-order valence-corrected chi connectivity index (χ3v) is 8.71. The molecular formula is C21H30N2O3S. The maximum absolute atomic E-state index is 12.8.